The average Bonchev–Trinajstić information content (AvgIpc) is 2.66. The van der Waals surface area contributed by atoms with E-state index in [9.17, 15) is 0 Å². The van der Waals surface area contributed by atoms with E-state index in [1.807, 2.05) is 27.7 Å². The zero-order chi connectivity index (χ0) is 14.0. The number of rotatable bonds is 1. The van der Waals surface area contributed by atoms with E-state index in [2.05, 4.69) is 43.0 Å². The first-order chi connectivity index (χ1) is 8.77. The summed E-state index contributed by atoms with van der Waals surface area (Å²) < 4.78 is 0. The van der Waals surface area contributed by atoms with Crippen LogP contribution in [0.2, 0.25) is 0 Å². The summed E-state index contributed by atoms with van der Waals surface area (Å²) in [5.41, 5.74) is 3.10. The lowest BCUT2D eigenvalue weighted by molar-refractivity contribution is 0.233. The monoisotopic (exact) mass is 249 g/mol. The molecular formula is C17H31N. The number of hydrogen-bond acceptors (Lipinski definition) is 1. The molecule has 0 spiro atoms. The van der Waals surface area contributed by atoms with Gasteiger partial charge in [0.05, 0.1) is 0 Å². The van der Waals surface area contributed by atoms with Crippen molar-refractivity contribution in [3.8, 4) is 0 Å². The molecule has 2 rings (SSSR count). The van der Waals surface area contributed by atoms with Crippen LogP contribution in [0.5, 0.6) is 0 Å². The lowest BCUT2D eigenvalue weighted by atomic mass is 10.0. The van der Waals surface area contributed by atoms with Crippen molar-refractivity contribution in [3.63, 3.8) is 0 Å². The Morgan fingerprint density at radius 1 is 0.833 bits per heavy atom. The molecule has 1 heterocycles. The summed E-state index contributed by atoms with van der Waals surface area (Å²) >= 11 is 0. The molecule has 1 aliphatic heterocycles. The topological polar surface area (TPSA) is 3.24 Å². The Kier molecular flexibility index (Phi) is 9.67. The van der Waals surface area contributed by atoms with E-state index in [4.69, 9.17) is 0 Å². The maximum absolute atomic E-state index is 2.57. The van der Waals surface area contributed by atoms with Crippen molar-refractivity contribution in [2.45, 2.75) is 60.4 Å². The summed E-state index contributed by atoms with van der Waals surface area (Å²) in [7, 11) is 0. The lowest BCUT2D eigenvalue weighted by Gasteiger charge is -2.23. The van der Waals surface area contributed by atoms with Gasteiger partial charge >= 0.3 is 0 Å². The second-order valence-electron chi connectivity index (χ2n) is 4.40. The summed E-state index contributed by atoms with van der Waals surface area (Å²) in [4.78, 5) is 2.57. The Morgan fingerprint density at radius 3 is 1.56 bits per heavy atom. The first kappa shape index (κ1) is 17.2. The Morgan fingerprint density at radius 2 is 1.22 bits per heavy atom. The van der Waals surface area contributed by atoms with Crippen LogP contribution in [0.4, 0.5) is 0 Å². The van der Waals surface area contributed by atoms with Crippen LogP contribution >= 0.6 is 0 Å². The van der Waals surface area contributed by atoms with Crippen molar-refractivity contribution < 1.29 is 0 Å². The predicted molar refractivity (Wildman–Crippen MR) is 83.3 cm³/mol. The highest BCUT2D eigenvalue weighted by Crippen LogP contribution is 2.16. The second-order valence-corrected chi connectivity index (χ2v) is 4.40. The zero-order valence-corrected chi connectivity index (χ0v) is 13.2. The van der Waals surface area contributed by atoms with Crippen LogP contribution in [-0.4, -0.2) is 24.0 Å². The zero-order valence-electron chi connectivity index (χ0n) is 13.2. The quantitative estimate of drug-likeness (QED) is 0.706. The standard InChI is InChI=1S/C13H19N.2C2H6/c1-11(2)14-9-7-12-5-3-4-6-13(12)8-10-14;2*1-2/h3-6,11H,7-10H2,1-2H3;2*1-2H3. The third-order valence-corrected chi connectivity index (χ3v) is 3.19. The molecule has 0 amide bonds. The van der Waals surface area contributed by atoms with Crippen molar-refractivity contribution in [1.82, 2.24) is 4.90 Å². The van der Waals surface area contributed by atoms with Crippen LogP contribution in [0.1, 0.15) is 52.7 Å². The molecule has 0 bridgehead atoms. The van der Waals surface area contributed by atoms with Crippen LogP contribution in [0.25, 0.3) is 0 Å². The van der Waals surface area contributed by atoms with Gasteiger partial charge < -0.3 is 4.90 Å². The third-order valence-electron chi connectivity index (χ3n) is 3.19. The highest BCUT2D eigenvalue weighted by molar-refractivity contribution is 5.28. The molecular weight excluding hydrogens is 218 g/mol. The summed E-state index contributed by atoms with van der Waals surface area (Å²) in [6, 6.07) is 9.55. The van der Waals surface area contributed by atoms with Gasteiger partial charge in [0.1, 0.15) is 0 Å². The van der Waals surface area contributed by atoms with Crippen LogP contribution < -0.4 is 0 Å². The van der Waals surface area contributed by atoms with Crippen molar-refractivity contribution >= 4 is 0 Å². The maximum Gasteiger partial charge on any atom is 0.00388 e. The van der Waals surface area contributed by atoms with Crippen molar-refractivity contribution in [2.75, 3.05) is 13.1 Å². The molecule has 0 saturated carbocycles. The van der Waals surface area contributed by atoms with Gasteiger partial charge in [-0.1, -0.05) is 52.0 Å². The van der Waals surface area contributed by atoms with Gasteiger partial charge in [0, 0.05) is 19.1 Å². The fourth-order valence-electron chi connectivity index (χ4n) is 2.20. The van der Waals surface area contributed by atoms with Crippen LogP contribution in [0.3, 0.4) is 0 Å². The summed E-state index contributed by atoms with van der Waals surface area (Å²) in [6.07, 6.45) is 2.43. The Labute approximate surface area is 114 Å². The molecule has 0 atom stereocenters. The largest absolute Gasteiger partial charge is 0.300 e. The SMILES string of the molecule is CC.CC.CC(C)N1CCc2ccccc2CC1. The van der Waals surface area contributed by atoms with Gasteiger partial charge in [0.15, 0.2) is 0 Å². The van der Waals surface area contributed by atoms with E-state index in [0.717, 1.165) is 0 Å². The van der Waals surface area contributed by atoms with E-state index < -0.39 is 0 Å². The van der Waals surface area contributed by atoms with E-state index in [1.54, 1.807) is 11.1 Å². The van der Waals surface area contributed by atoms with Gasteiger partial charge in [-0.3, -0.25) is 0 Å². The molecule has 0 saturated heterocycles. The maximum atomic E-state index is 2.57. The molecule has 1 nitrogen and oxygen atoms in total. The van der Waals surface area contributed by atoms with Crippen molar-refractivity contribution in [3.05, 3.63) is 35.4 Å². The fourth-order valence-corrected chi connectivity index (χ4v) is 2.20. The molecule has 18 heavy (non-hydrogen) atoms. The molecule has 1 aliphatic rings. The Balaban J connectivity index is 0.000000659. The smallest absolute Gasteiger partial charge is 0.00388 e. The summed E-state index contributed by atoms with van der Waals surface area (Å²) in [5.74, 6) is 0. The molecule has 104 valence electrons. The third kappa shape index (κ3) is 5.22. The molecule has 0 aromatic heterocycles. The van der Waals surface area contributed by atoms with Gasteiger partial charge in [-0.05, 0) is 37.8 Å². The minimum absolute atomic E-state index is 0.685. The number of hydrogen-bond donors (Lipinski definition) is 0. The first-order valence-electron chi connectivity index (χ1n) is 7.58. The van der Waals surface area contributed by atoms with Crippen LogP contribution in [-0.2, 0) is 12.8 Å². The van der Waals surface area contributed by atoms with E-state index >= 15 is 0 Å². The fraction of sp³-hybridized carbons (Fsp3) is 0.647. The molecule has 1 aromatic rings. The van der Waals surface area contributed by atoms with Gasteiger partial charge in [-0.25, -0.2) is 0 Å². The highest BCUT2D eigenvalue weighted by Gasteiger charge is 2.14. The molecule has 0 unspecified atom stereocenters. The van der Waals surface area contributed by atoms with Gasteiger partial charge in [-0.2, -0.15) is 0 Å². The minimum atomic E-state index is 0.685. The number of nitrogens with zero attached hydrogens (tertiary/aromatic N) is 1. The van der Waals surface area contributed by atoms with Crippen molar-refractivity contribution in [1.29, 1.82) is 0 Å². The lowest BCUT2D eigenvalue weighted by Crippen LogP contribution is -2.32. The Hall–Kier alpha value is -0.820. The molecule has 0 aliphatic carbocycles. The number of benzene rings is 1. The number of fused-ring (bicyclic) bond motifs is 1. The molecule has 0 radical (unpaired) electrons. The van der Waals surface area contributed by atoms with Crippen LogP contribution in [0, 0.1) is 0 Å². The highest BCUT2D eigenvalue weighted by atomic mass is 15.1. The van der Waals surface area contributed by atoms with Gasteiger partial charge in [0.2, 0.25) is 0 Å². The van der Waals surface area contributed by atoms with Crippen LogP contribution in [0.15, 0.2) is 24.3 Å². The predicted octanol–water partition coefficient (Wildman–Crippen LogP) is 4.55. The molecule has 1 aromatic carbocycles. The van der Waals surface area contributed by atoms with E-state index in [0.29, 0.717) is 6.04 Å². The second kappa shape index (κ2) is 10.1. The van der Waals surface area contributed by atoms with Gasteiger partial charge in [0.25, 0.3) is 0 Å². The molecule has 1 heteroatoms. The first-order valence-corrected chi connectivity index (χ1v) is 7.58. The summed E-state index contributed by atoms with van der Waals surface area (Å²) in [5, 5.41) is 0. The van der Waals surface area contributed by atoms with E-state index in [1.165, 1.54) is 25.9 Å². The molecule has 0 fully saturated rings. The Bertz CT molecular complexity index is 277. The van der Waals surface area contributed by atoms with Gasteiger partial charge in [-0.15, -0.1) is 0 Å². The minimum Gasteiger partial charge on any atom is -0.300 e. The average molecular weight is 249 g/mol. The normalized spacial score (nSPS) is 14.6. The van der Waals surface area contributed by atoms with Crippen molar-refractivity contribution in [2.24, 2.45) is 0 Å². The van der Waals surface area contributed by atoms with E-state index in [-0.39, 0.29) is 0 Å². The summed E-state index contributed by atoms with van der Waals surface area (Å²) in [6.45, 7) is 15.0. The molecule has 0 N–H and O–H groups in total.